The van der Waals surface area contributed by atoms with Gasteiger partial charge in [0.15, 0.2) is 0 Å². The minimum absolute atomic E-state index is 0.864. The third kappa shape index (κ3) is 2.24. The minimum Gasteiger partial charge on any atom is -0.399 e. The van der Waals surface area contributed by atoms with Gasteiger partial charge in [-0.2, -0.15) is 5.10 Å². The molecule has 3 rings (SSSR count). The van der Waals surface area contributed by atoms with Gasteiger partial charge >= 0.3 is 0 Å². The Balaban J connectivity index is 1.61. The van der Waals surface area contributed by atoms with Crippen LogP contribution in [0.4, 0.5) is 5.69 Å². The number of hydrogen-bond acceptors (Lipinski definition) is 3. The van der Waals surface area contributed by atoms with Crippen molar-refractivity contribution in [1.82, 2.24) is 14.7 Å². The maximum Gasteiger partial charge on any atom is 0.0522 e. The Morgan fingerprint density at radius 3 is 2.89 bits per heavy atom. The van der Waals surface area contributed by atoms with E-state index in [4.69, 9.17) is 5.73 Å². The average Bonchev–Trinajstić information content (AvgIpc) is 2.92. The van der Waals surface area contributed by atoms with E-state index in [2.05, 4.69) is 28.3 Å². The Morgan fingerprint density at radius 1 is 1.28 bits per heavy atom. The molecular weight excluding hydrogens is 224 g/mol. The summed E-state index contributed by atoms with van der Waals surface area (Å²) in [6, 6.07) is 6.23. The third-order valence-electron chi connectivity index (χ3n) is 3.49. The van der Waals surface area contributed by atoms with E-state index in [-0.39, 0.29) is 0 Å². The van der Waals surface area contributed by atoms with E-state index in [1.165, 1.54) is 16.7 Å². The van der Waals surface area contributed by atoms with Gasteiger partial charge in [0.25, 0.3) is 0 Å². The molecule has 94 valence electrons. The minimum atomic E-state index is 0.864. The van der Waals surface area contributed by atoms with Crippen LogP contribution >= 0.6 is 0 Å². The first-order chi connectivity index (χ1) is 8.70. The smallest absolute Gasteiger partial charge is 0.0522 e. The van der Waals surface area contributed by atoms with Crippen LogP contribution in [0.5, 0.6) is 0 Å². The summed E-state index contributed by atoms with van der Waals surface area (Å²) in [5.41, 5.74) is 10.8. The van der Waals surface area contributed by atoms with Gasteiger partial charge < -0.3 is 5.73 Å². The van der Waals surface area contributed by atoms with Crippen molar-refractivity contribution >= 4 is 5.69 Å². The van der Waals surface area contributed by atoms with E-state index < -0.39 is 0 Å². The van der Waals surface area contributed by atoms with E-state index in [1.54, 1.807) is 0 Å². The number of aromatic nitrogens is 2. The van der Waals surface area contributed by atoms with Gasteiger partial charge in [-0.15, -0.1) is 0 Å². The van der Waals surface area contributed by atoms with Gasteiger partial charge in [-0.3, -0.25) is 9.58 Å². The predicted octanol–water partition coefficient (Wildman–Crippen LogP) is 1.56. The Labute approximate surface area is 107 Å². The van der Waals surface area contributed by atoms with Crippen molar-refractivity contribution < 1.29 is 0 Å². The second-order valence-electron chi connectivity index (χ2n) is 5.01. The van der Waals surface area contributed by atoms with Crippen molar-refractivity contribution in [2.45, 2.75) is 19.5 Å². The average molecular weight is 242 g/mol. The van der Waals surface area contributed by atoms with Crippen molar-refractivity contribution in [2.75, 3.05) is 12.3 Å². The lowest BCUT2D eigenvalue weighted by Crippen LogP contribution is -2.19. The fourth-order valence-corrected chi connectivity index (χ4v) is 2.53. The number of nitrogens with zero attached hydrogens (tertiary/aromatic N) is 3. The molecule has 0 spiro atoms. The van der Waals surface area contributed by atoms with Crippen LogP contribution in [0.1, 0.15) is 16.7 Å². The molecule has 1 aromatic heterocycles. The molecule has 0 fully saturated rings. The largest absolute Gasteiger partial charge is 0.399 e. The summed E-state index contributed by atoms with van der Waals surface area (Å²) in [5.74, 6) is 0. The monoisotopic (exact) mass is 242 g/mol. The first-order valence-corrected chi connectivity index (χ1v) is 6.28. The van der Waals surface area contributed by atoms with Crippen LogP contribution < -0.4 is 5.73 Å². The molecule has 0 radical (unpaired) electrons. The van der Waals surface area contributed by atoms with Gasteiger partial charge in [0, 0.05) is 38.6 Å². The molecular formula is C14H18N4. The Bertz CT molecular complexity index is 559. The number of anilines is 1. The molecule has 0 saturated heterocycles. The second-order valence-corrected chi connectivity index (χ2v) is 5.01. The molecule has 18 heavy (non-hydrogen) atoms. The van der Waals surface area contributed by atoms with Crippen molar-refractivity contribution in [1.29, 1.82) is 0 Å². The number of benzene rings is 1. The second kappa shape index (κ2) is 4.46. The highest BCUT2D eigenvalue weighted by atomic mass is 15.2. The lowest BCUT2D eigenvalue weighted by molar-refractivity contribution is 0.288. The highest BCUT2D eigenvalue weighted by Crippen LogP contribution is 2.24. The molecule has 1 aromatic carbocycles. The summed E-state index contributed by atoms with van der Waals surface area (Å²) < 4.78 is 1.86. The number of rotatable bonds is 3. The van der Waals surface area contributed by atoms with E-state index >= 15 is 0 Å². The predicted molar refractivity (Wildman–Crippen MR) is 71.9 cm³/mol. The van der Waals surface area contributed by atoms with E-state index in [0.29, 0.717) is 0 Å². The quantitative estimate of drug-likeness (QED) is 0.831. The summed E-state index contributed by atoms with van der Waals surface area (Å²) in [4.78, 5) is 2.46. The maximum atomic E-state index is 5.81. The van der Waals surface area contributed by atoms with Crippen molar-refractivity contribution in [3.05, 3.63) is 47.3 Å². The Morgan fingerprint density at radius 2 is 2.11 bits per heavy atom. The van der Waals surface area contributed by atoms with Crippen LogP contribution in [0.15, 0.2) is 30.6 Å². The van der Waals surface area contributed by atoms with Gasteiger partial charge in [0.2, 0.25) is 0 Å². The summed E-state index contributed by atoms with van der Waals surface area (Å²) in [6.07, 6.45) is 5.08. The number of aryl methyl sites for hydroxylation is 1. The third-order valence-corrected chi connectivity index (χ3v) is 3.49. The molecule has 1 aliphatic heterocycles. The lowest BCUT2D eigenvalue weighted by Gasteiger charge is -2.13. The molecule has 0 amide bonds. The SMILES string of the molecule is Cn1cc(CCN2Cc3ccc(N)cc3C2)cn1. The zero-order valence-corrected chi connectivity index (χ0v) is 10.6. The highest BCUT2D eigenvalue weighted by molar-refractivity contribution is 5.46. The zero-order valence-electron chi connectivity index (χ0n) is 10.6. The van der Waals surface area contributed by atoms with E-state index in [0.717, 1.165) is 31.7 Å². The number of nitrogens with two attached hydrogens (primary N) is 1. The molecule has 0 bridgehead atoms. The Kier molecular flexibility index (Phi) is 2.80. The van der Waals surface area contributed by atoms with Crippen molar-refractivity contribution in [3.8, 4) is 0 Å². The van der Waals surface area contributed by atoms with Crippen LogP contribution in [0.3, 0.4) is 0 Å². The molecule has 4 heteroatoms. The molecule has 4 nitrogen and oxygen atoms in total. The van der Waals surface area contributed by atoms with Crippen molar-refractivity contribution in [2.24, 2.45) is 7.05 Å². The van der Waals surface area contributed by atoms with Crippen LogP contribution in [0.25, 0.3) is 0 Å². The molecule has 0 aliphatic carbocycles. The molecule has 2 heterocycles. The lowest BCUT2D eigenvalue weighted by atomic mass is 10.1. The number of fused-ring (bicyclic) bond motifs is 1. The molecule has 1 aliphatic rings. The molecule has 0 unspecified atom stereocenters. The molecule has 0 saturated carbocycles. The first kappa shape index (κ1) is 11.3. The Hall–Kier alpha value is -1.81. The normalized spacial score (nSPS) is 14.9. The molecule has 0 atom stereocenters. The fourth-order valence-electron chi connectivity index (χ4n) is 2.53. The number of nitrogen functional groups attached to an aromatic ring is 1. The van der Waals surface area contributed by atoms with Crippen LogP contribution in [0, 0.1) is 0 Å². The fraction of sp³-hybridized carbons (Fsp3) is 0.357. The molecule has 2 aromatic rings. The molecule has 2 N–H and O–H groups in total. The topological polar surface area (TPSA) is 47.1 Å². The van der Waals surface area contributed by atoms with Gasteiger partial charge in [-0.1, -0.05) is 6.07 Å². The standard InChI is InChI=1S/C14H18N4/c1-17-8-11(7-16-17)4-5-18-9-12-2-3-14(15)6-13(12)10-18/h2-3,6-8H,4-5,9-10,15H2,1H3. The van der Waals surface area contributed by atoms with E-state index in [9.17, 15) is 0 Å². The summed E-state index contributed by atoms with van der Waals surface area (Å²) >= 11 is 0. The van der Waals surface area contributed by atoms with Crippen LogP contribution in [-0.2, 0) is 26.6 Å². The van der Waals surface area contributed by atoms with Crippen LogP contribution in [0.2, 0.25) is 0 Å². The summed E-state index contributed by atoms with van der Waals surface area (Å²) in [7, 11) is 1.96. The zero-order chi connectivity index (χ0) is 12.5. The first-order valence-electron chi connectivity index (χ1n) is 6.28. The van der Waals surface area contributed by atoms with Gasteiger partial charge in [-0.25, -0.2) is 0 Å². The van der Waals surface area contributed by atoms with Crippen LogP contribution in [-0.4, -0.2) is 21.2 Å². The van der Waals surface area contributed by atoms with Crippen molar-refractivity contribution in [3.63, 3.8) is 0 Å². The van der Waals surface area contributed by atoms with E-state index in [1.807, 2.05) is 24.0 Å². The van der Waals surface area contributed by atoms with Gasteiger partial charge in [0.05, 0.1) is 6.20 Å². The number of hydrogen-bond donors (Lipinski definition) is 1. The summed E-state index contributed by atoms with van der Waals surface area (Å²) in [6.45, 7) is 3.12. The highest BCUT2D eigenvalue weighted by Gasteiger charge is 2.18. The van der Waals surface area contributed by atoms with Gasteiger partial charge in [-0.05, 0) is 35.2 Å². The van der Waals surface area contributed by atoms with Gasteiger partial charge in [0.1, 0.15) is 0 Å². The summed E-state index contributed by atoms with van der Waals surface area (Å²) in [5, 5.41) is 4.19. The maximum absolute atomic E-state index is 5.81.